The van der Waals surface area contributed by atoms with Crippen LogP contribution in [-0.4, -0.2) is 18.5 Å². The molecule has 1 fully saturated rings. The predicted octanol–water partition coefficient (Wildman–Crippen LogP) is 3.49. The van der Waals surface area contributed by atoms with E-state index in [4.69, 9.17) is 9.15 Å². The largest absolute Gasteiger partial charge is 0.453 e. The molecule has 3 nitrogen and oxygen atoms in total. The lowest BCUT2D eigenvalue weighted by atomic mass is 10.1. The zero-order valence-corrected chi connectivity index (χ0v) is 10.4. The summed E-state index contributed by atoms with van der Waals surface area (Å²) >= 11 is 0. The average Bonchev–Trinajstić information content (AvgIpc) is 2.97. The standard InChI is InChI=1S/C15H16O3/c1-10-4-2-5-11-8-14(18-15(10)11)13(16)9-12-6-3-7-17-12/h2,4-5,8,12H,3,6-7,9H2,1H3. The lowest BCUT2D eigenvalue weighted by molar-refractivity contribution is 0.0755. The maximum Gasteiger partial charge on any atom is 0.200 e. The Morgan fingerprint density at radius 2 is 2.33 bits per heavy atom. The zero-order chi connectivity index (χ0) is 12.5. The fourth-order valence-electron chi connectivity index (χ4n) is 2.46. The van der Waals surface area contributed by atoms with Gasteiger partial charge in [-0.2, -0.15) is 0 Å². The van der Waals surface area contributed by atoms with Crippen molar-refractivity contribution < 1.29 is 13.9 Å². The van der Waals surface area contributed by atoms with Gasteiger partial charge >= 0.3 is 0 Å². The summed E-state index contributed by atoms with van der Waals surface area (Å²) in [5.41, 5.74) is 1.87. The number of para-hydroxylation sites is 1. The minimum atomic E-state index is 0.0394. The minimum Gasteiger partial charge on any atom is -0.453 e. The number of furan rings is 1. The van der Waals surface area contributed by atoms with Crippen LogP contribution in [0.3, 0.4) is 0 Å². The van der Waals surface area contributed by atoms with Crippen molar-refractivity contribution in [3.05, 3.63) is 35.6 Å². The summed E-state index contributed by atoms with van der Waals surface area (Å²) in [7, 11) is 0. The van der Waals surface area contributed by atoms with Gasteiger partial charge < -0.3 is 9.15 Å². The van der Waals surface area contributed by atoms with E-state index in [0.717, 1.165) is 36.0 Å². The predicted molar refractivity (Wildman–Crippen MR) is 68.9 cm³/mol. The summed E-state index contributed by atoms with van der Waals surface area (Å²) in [4.78, 5) is 12.1. The van der Waals surface area contributed by atoms with Crippen LogP contribution in [0.4, 0.5) is 0 Å². The maximum atomic E-state index is 12.1. The monoisotopic (exact) mass is 244 g/mol. The van der Waals surface area contributed by atoms with E-state index in [2.05, 4.69) is 0 Å². The van der Waals surface area contributed by atoms with Crippen molar-refractivity contribution in [2.75, 3.05) is 6.61 Å². The Bertz CT molecular complexity index is 576. The molecule has 1 atom stereocenters. The number of Topliss-reactive ketones (excluding diaryl/α,β-unsaturated/α-hetero) is 1. The molecule has 1 aromatic heterocycles. The van der Waals surface area contributed by atoms with E-state index < -0.39 is 0 Å². The Morgan fingerprint density at radius 3 is 3.06 bits per heavy atom. The van der Waals surface area contributed by atoms with Crippen molar-refractivity contribution in [1.82, 2.24) is 0 Å². The topological polar surface area (TPSA) is 39.4 Å². The van der Waals surface area contributed by atoms with Crippen molar-refractivity contribution in [1.29, 1.82) is 0 Å². The van der Waals surface area contributed by atoms with Gasteiger partial charge in [-0.25, -0.2) is 0 Å². The van der Waals surface area contributed by atoms with Crippen LogP contribution in [0, 0.1) is 6.92 Å². The van der Waals surface area contributed by atoms with Crippen molar-refractivity contribution in [3.63, 3.8) is 0 Å². The molecule has 0 amide bonds. The number of ether oxygens (including phenoxy) is 1. The quantitative estimate of drug-likeness (QED) is 0.776. The van der Waals surface area contributed by atoms with Gasteiger partial charge in [0.05, 0.1) is 6.10 Å². The molecule has 1 aliphatic rings. The van der Waals surface area contributed by atoms with E-state index >= 15 is 0 Å². The minimum absolute atomic E-state index is 0.0394. The van der Waals surface area contributed by atoms with E-state index in [9.17, 15) is 4.79 Å². The van der Waals surface area contributed by atoms with Crippen molar-refractivity contribution in [2.24, 2.45) is 0 Å². The Labute approximate surface area is 106 Å². The van der Waals surface area contributed by atoms with Crippen LogP contribution in [0.1, 0.15) is 35.4 Å². The summed E-state index contributed by atoms with van der Waals surface area (Å²) in [6, 6.07) is 7.76. The van der Waals surface area contributed by atoms with Crippen LogP contribution >= 0.6 is 0 Å². The Hall–Kier alpha value is -1.61. The molecule has 1 saturated heterocycles. The number of hydrogen-bond acceptors (Lipinski definition) is 3. The third kappa shape index (κ3) is 2.06. The Kier molecular flexibility index (Phi) is 2.92. The van der Waals surface area contributed by atoms with Crippen LogP contribution in [0.5, 0.6) is 0 Å². The molecule has 0 N–H and O–H groups in total. The summed E-state index contributed by atoms with van der Waals surface area (Å²) in [5.74, 6) is 0.493. The number of fused-ring (bicyclic) bond motifs is 1. The van der Waals surface area contributed by atoms with Gasteiger partial charge in [0.25, 0.3) is 0 Å². The molecule has 94 valence electrons. The lowest BCUT2D eigenvalue weighted by Gasteiger charge is -2.05. The van der Waals surface area contributed by atoms with Crippen LogP contribution in [0.25, 0.3) is 11.0 Å². The number of benzene rings is 1. The fourth-order valence-corrected chi connectivity index (χ4v) is 2.46. The van der Waals surface area contributed by atoms with Gasteiger partial charge in [0, 0.05) is 18.4 Å². The van der Waals surface area contributed by atoms with Gasteiger partial charge in [0.1, 0.15) is 5.58 Å². The van der Waals surface area contributed by atoms with Gasteiger partial charge in [-0.1, -0.05) is 18.2 Å². The Morgan fingerprint density at radius 1 is 1.44 bits per heavy atom. The van der Waals surface area contributed by atoms with E-state index in [1.54, 1.807) is 0 Å². The van der Waals surface area contributed by atoms with Gasteiger partial charge in [-0.3, -0.25) is 4.79 Å². The molecule has 0 aliphatic carbocycles. The summed E-state index contributed by atoms with van der Waals surface area (Å²) in [6.45, 7) is 2.76. The molecule has 0 saturated carbocycles. The molecule has 1 aromatic carbocycles. The molecular weight excluding hydrogens is 228 g/mol. The lowest BCUT2D eigenvalue weighted by Crippen LogP contribution is -2.11. The highest BCUT2D eigenvalue weighted by Crippen LogP contribution is 2.25. The molecule has 0 spiro atoms. The number of carbonyl (C=O) groups excluding carboxylic acids is 1. The first-order valence-corrected chi connectivity index (χ1v) is 6.38. The molecule has 2 aromatic rings. The second-order valence-corrected chi connectivity index (χ2v) is 4.87. The Balaban J connectivity index is 1.85. The number of aryl methyl sites for hydroxylation is 1. The van der Waals surface area contributed by atoms with Gasteiger partial charge in [-0.05, 0) is 31.4 Å². The second-order valence-electron chi connectivity index (χ2n) is 4.87. The summed E-state index contributed by atoms with van der Waals surface area (Å²) in [5, 5.41) is 0.991. The molecule has 1 unspecified atom stereocenters. The van der Waals surface area contributed by atoms with E-state index in [1.165, 1.54) is 0 Å². The van der Waals surface area contributed by atoms with E-state index in [-0.39, 0.29) is 11.9 Å². The van der Waals surface area contributed by atoms with Crippen LogP contribution in [0.2, 0.25) is 0 Å². The first-order chi connectivity index (χ1) is 8.74. The van der Waals surface area contributed by atoms with Gasteiger partial charge in [-0.15, -0.1) is 0 Å². The van der Waals surface area contributed by atoms with E-state index in [0.29, 0.717) is 12.2 Å². The molecule has 3 heteroatoms. The molecule has 1 aliphatic heterocycles. The normalized spacial score (nSPS) is 19.5. The third-order valence-electron chi connectivity index (χ3n) is 3.45. The molecule has 0 radical (unpaired) electrons. The number of rotatable bonds is 3. The van der Waals surface area contributed by atoms with Crippen LogP contribution < -0.4 is 0 Å². The molecule has 18 heavy (non-hydrogen) atoms. The molecular formula is C15H16O3. The van der Waals surface area contributed by atoms with Crippen LogP contribution in [0.15, 0.2) is 28.7 Å². The molecule has 0 bridgehead atoms. The van der Waals surface area contributed by atoms with Crippen LogP contribution in [-0.2, 0) is 4.74 Å². The highest BCUT2D eigenvalue weighted by molar-refractivity contribution is 5.98. The first-order valence-electron chi connectivity index (χ1n) is 6.38. The number of ketones is 1. The highest BCUT2D eigenvalue weighted by Gasteiger charge is 2.22. The third-order valence-corrected chi connectivity index (χ3v) is 3.45. The second kappa shape index (κ2) is 4.58. The SMILES string of the molecule is Cc1cccc2cc(C(=O)CC3CCCO3)oc12. The fraction of sp³-hybridized carbons (Fsp3) is 0.400. The highest BCUT2D eigenvalue weighted by atomic mass is 16.5. The van der Waals surface area contributed by atoms with Gasteiger partial charge in [0.15, 0.2) is 5.76 Å². The smallest absolute Gasteiger partial charge is 0.200 e. The average molecular weight is 244 g/mol. The van der Waals surface area contributed by atoms with Crippen molar-refractivity contribution in [3.8, 4) is 0 Å². The zero-order valence-electron chi connectivity index (χ0n) is 10.4. The van der Waals surface area contributed by atoms with Crippen molar-refractivity contribution >= 4 is 16.8 Å². The maximum absolute atomic E-state index is 12.1. The summed E-state index contributed by atoms with van der Waals surface area (Å²) in [6.07, 6.45) is 2.54. The summed E-state index contributed by atoms with van der Waals surface area (Å²) < 4.78 is 11.1. The first kappa shape index (κ1) is 11.5. The molecule has 3 rings (SSSR count). The number of carbonyl (C=O) groups is 1. The van der Waals surface area contributed by atoms with Crippen molar-refractivity contribution in [2.45, 2.75) is 32.3 Å². The number of hydrogen-bond donors (Lipinski definition) is 0. The molecule has 2 heterocycles. The van der Waals surface area contributed by atoms with E-state index in [1.807, 2.05) is 31.2 Å². The van der Waals surface area contributed by atoms with Gasteiger partial charge in [0.2, 0.25) is 5.78 Å².